The number of sulfonamides is 1. The predicted octanol–water partition coefficient (Wildman–Crippen LogP) is 3.06. The lowest BCUT2D eigenvalue weighted by Gasteiger charge is -2.13. The van der Waals surface area contributed by atoms with Crippen LogP contribution in [0.2, 0.25) is 0 Å². The molecule has 0 unspecified atom stereocenters. The Labute approximate surface area is 129 Å². The lowest BCUT2D eigenvalue weighted by atomic mass is 10.0. The molecule has 1 heterocycles. The molecule has 22 heavy (non-hydrogen) atoms. The number of primary sulfonamides is 1. The van der Waals surface area contributed by atoms with Gasteiger partial charge in [-0.3, -0.25) is 4.98 Å². The van der Waals surface area contributed by atoms with Gasteiger partial charge in [-0.25, -0.2) is 13.6 Å². The van der Waals surface area contributed by atoms with Crippen molar-refractivity contribution >= 4 is 10.0 Å². The molecule has 0 atom stereocenters. The maximum Gasteiger partial charge on any atom is 0.239 e. The maximum atomic E-state index is 12.2. The molecule has 2 aromatic carbocycles. The van der Waals surface area contributed by atoms with Gasteiger partial charge in [-0.2, -0.15) is 0 Å². The third-order valence-corrected chi connectivity index (χ3v) is 4.33. The molecule has 110 valence electrons. The van der Waals surface area contributed by atoms with E-state index in [9.17, 15) is 8.42 Å². The molecule has 0 spiro atoms. The molecule has 0 aliphatic heterocycles. The van der Waals surface area contributed by atoms with Gasteiger partial charge in [-0.05, 0) is 17.7 Å². The molecular formula is C17H14N2O2S. The van der Waals surface area contributed by atoms with Gasteiger partial charge < -0.3 is 0 Å². The number of hydrogen-bond acceptors (Lipinski definition) is 3. The Morgan fingerprint density at radius 1 is 0.773 bits per heavy atom. The van der Waals surface area contributed by atoms with Crippen LogP contribution in [0.4, 0.5) is 0 Å². The summed E-state index contributed by atoms with van der Waals surface area (Å²) < 4.78 is 24.3. The van der Waals surface area contributed by atoms with Crippen LogP contribution in [-0.2, 0) is 10.0 Å². The molecule has 1 aromatic heterocycles. The highest BCUT2D eigenvalue weighted by molar-refractivity contribution is 7.89. The molecule has 0 saturated heterocycles. The van der Waals surface area contributed by atoms with Crippen molar-refractivity contribution < 1.29 is 8.42 Å². The van der Waals surface area contributed by atoms with Crippen molar-refractivity contribution in [2.45, 2.75) is 4.90 Å². The first kappa shape index (κ1) is 14.4. The van der Waals surface area contributed by atoms with Crippen molar-refractivity contribution in [3.05, 3.63) is 72.9 Å². The Kier molecular flexibility index (Phi) is 3.75. The number of pyridine rings is 1. The van der Waals surface area contributed by atoms with Crippen molar-refractivity contribution in [2.75, 3.05) is 0 Å². The van der Waals surface area contributed by atoms with Crippen molar-refractivity contribution in [1.82, 2.24) is 4.98 Å². The first-order valence-electron chi connectivity index (χ1n) is 6.70. The molecule has 0 amide bonds. The Bertz CT molecular complexity index is 835. The minimum Gasteiger partial charge on any atom is -0.256 e. The number of nitrogens with zero attached hydrogens (tertiary/aromatic N) is 1. The molecule has 3 rings (SSSR count). The van der Waals surface area contributed by atoms with Crippen LogP contribution < -0.4 is 5.14 Å². The Morgan fingerprint density at radius 2 is 1.45 bits per heavy atom. The molecule has 5 heteroatoms. The lowest BCUT2D eigenvalue weighted by molar-refractivity contribution is 0.598. The van der Waals surface area contributed by atoms with Crippen LogP contribution in [0, 0.1) is 0 Å². The number of hydrogen-bond donors (Lipinski definition) is 1. The van der Waals surface area contributed by atoms with Crippen molar-refractivity contribution in [3.8, 4) is 22.4 Å². The highest BCUT2D eigenvalue weighted by Gasteiger charge is 2.21. The predicted molar refractivity (Wildman–Crippen MR) is 86.5 cm³/mol. The van der Waals surface area contributed by atoms with E-state index in [1.54, 1.807) is 36.5 Å². The second kappa shape index (κ2) is 5.71. The van der Waals surface area contributed by atoms with Gasteiger partial charge in [0.2, 0.25) is 10.0 Å². The SMILES string of the molecule is NS(=O)(=O)c1c(-c2ccccc2)cccc1-c1ccccn1. The highest BCUT2D eigenvalue weighted by Crippen LogP contribution is 2.34. The van der Waals surface area contributed by atoms with E-state index in [2.05, 4.69) is 4.98 Å². The van der Waals surface area contributed by atoms with E-state index < -0.39 is 10.0 Å². The van der Waals surface area contributed by atoms with E-state index in [-0.39, 0.29) is 4.90 Å². The van der Waals surface area contributed by atoms with E-state index >= 15 is 0 Å². The zero-order valence-electron chi connectivity index (χ0n) is 11.7. The molecule has 0 aliphatic rings. The largest absolute Gasteiger partial charge is 0.256 e. The summed E-state index contributed by atoms with van der Waals surface area (Å²) >= 11 is 0. The molecular weight excluding hydrogens is 296 g/mol. The van der Waals surface area contributed by atoms with Gasteiger partial charge in [-0.15, -0.1) is 0 Å². The summed E-state index contributed by atoms with van der Waals surface area (Å²) in [7, 11) is -3.90. The summed E-state index contributed by atoms with van der Waals surface area (Å²) in [6.07, 6.45) is 1.62. The Hall–Kier alpha value is -2.50. The first-order chi connectivity index (χ1) is 10.6. The average Bonchev–Trinajstić information content (AvgIpc) is 2.55. The van der Waals surface area contributed by atoms with E-state index in [4.69, 9.17) is 5.14 Å². The lowest BCUT2D eigenvalue weighted by Crippen LogP contribution is -2.15. The molecule has 0 saturated carbocycles. The third-order valence-electron chi connectivity index (χ3n) is 3.33. The monoisotopic (exact) mass is 310 g/mol. The molecule has 0 radical (unpaired) electrons. The number of benzene rings is 2. The quantitative estimate of drug-likeness (QED) is 0.808. The smallest absolute Gasteiger partial charge is 0.239 e. The minimum atomic E-state index is -3.90. The van der Waals surface area contributed by atoms with Crippen LogP contribution in [0.3, 0.4) is 0 Å². The van der Waals surface area contributed by atoms with Gasteiger partial charge in [0.05, 0.1) is 10.6 Å². The van der Waals surface area contributed by atoms with Crippen molar-refractivity contribution in [3.63, 3.8) is 0 Å². The van der Waals surface area contributed by atoms with Gasteiger partial charge in [0.15, 0.2) is 0 Å². The number of aromatic nitrogens is 1. The molecule has 0 bridgehead atoms. The highest BCUT2D eigenvalue weighted by atomic mass is 32.2. The second-order valence-electron chi connectivity index (χ2n) is 4.81. The van der Waals surface area contributed by atoms with Crippen molar-refractivity contribution in [2.24, 2.45) is 5.14 Å². The Morgan fingerprint density at radius 3 is 2.09 bits per heavy atom. The first-order valence-corrected chi connectivity index (χ1v) is 8.24. The van der Waals surface area contributed by atoms with Crippen LogP contribution in [0.25, 0.3) is 22.4 Å². The zero-order valence-corrected chi connectivity index (χ0v) is 12.5. The average molecular weight is 310 g/mol. The topological polar surface area (TPSA) is 73.1 Å². The van der Waals surface area contributed by atoms with Gasteiger partial charge in [-0.1, -0.05) is 54.6 Å². The number of nitrogens with two attached hydrogens (primary N) is 1. The van der Waals surface area contributed by atoms with Gasteiger partial charge in [0.25, 0.3) is 0 Å². The van der Waals surface area contributed by atoms with Crippen LogP contribution in [-0.4, -0.2) is 13.4 Å². The fourth-order valence-corrected chi connectivity index (χ4v) is 3.38. The number of rotatable bonds is 3. The van der Waals surface area contributed by atoms with Crippen LogP contribution in [0.1, 0.15) is 0 Å². The van der Waals surface area contributed by atoms with Crippen LogP contribution in [0.15, 0.2) is 77.8 Å². The van der Waals surface area contributed by atoms with Gasteiger partial charge >= 0.3 is 0 Å². The fourth-order valence-electron chi connectivity index (χ4n) is 2.41. The minimum absolute atomic E-state index is 0.0971. The van der Waals surface area contributed by atoms with E-state index in [0.717, 1.165) is 5.56 Å². The van der Waals surface area contributed by atoms with E-state index in [1.165, 1.54) is 0 Å². The molecule has 2 N–H and O–H groups in total. The van der Waals surface area contributed by atoms with E-state index in [0.29, 0.717) is 16.8 Å². The van der Waals surface area contributed by atoms with Gasteiger partial charge in [0.1, 0.15) is 0 Å². The third kappa shape index (κ3) is 2.77. The van der Waals surface area contributed by atoms with Crippen LogP contribution in [0.5, 0.6) is 0 Å². The summed E-state index contributed by atoms with van der Waals surface area (Å²) in [6, 6.07) is 19.9. The summed E-state index contributed by atoms with van der Waals surface area (Å²) in [5.41, 5.74) is 2.45. The molecule has 4 nitrogen and oxygen atoms in total. The van der Waals surface area contributed by atoms with E-state index in [1.807, 2.05) is 36.4 Å². The molecule has 0 aliphatic carbocycles. The fraction of sp³-hybridized carbons (Fsp3) is 0. The second-order valence-corrected chi connectivity index (χ2v) is 6.31. The summed E-state index contributed by atoms with van der Waals surface area (Å²) in [6.45, 7) is 0. The molecule has 0 fully saturated rings. The van der Waals surface area contributed by atoms with Gasteiger partial charge in [0, 0.05) is 17.3 Å². The van der Waals surface area contributed by atoms with Crippen molar-refractivity contribution in [1.29, 1.82) is 0 Å². The summed E-state index contributed by atoms with van der Waals surface area (Å²) in [4.78, 5) is 4.34. The Balaban J connectivity index is 2.34. The zero-order chi connectivity index (χ0) is 15.6. The summed E-state index contributed by atoms with van der Waals surface area (Å²) in [5, 5.41) is 5.48. The standard InChI is InChI=1S/C17H14N2O2S/c18-22(20,21)17-14(13-7-2-1-3-8-13)9-6-10-15(17)16-11-4-5-12-19-16/h1-12H,(H2,18,20,21). The maximum absolute atomic E-state index is 12.2. The normalized spacial score (nSPS) is 11.3. The summed E-state index contributed by atoms with van der Waals surface area (Å²) in [5.74, 6) is 0. The van der Waals surface area contributed by atoms with Crippen LogP contribution >= 0.6 is 0 Å². The molecule has 3 aromatic rings.